The summed E-state index contributed by atoms with van der Waals surface area (Å²) in [4.78, 5) is 38.4. The van der Waals surface area contributed by atoms with Gasteiger partial charge in [0.2, 0.25) is 5.91 Å². The van der Waals surface area contributed by atoms with Gasteiger partial charge in [0.15, 0.2) is 0 Å². The summed E-state index contributed by atoms with van der Waals surface area (Å²) < 4.78 is 0.240. The number of hydrogen-bond acceptors (Lipinski definition) is 6. The Bertz CT molecular complexity index is 1040. The van der Waals surface area contributed by atoms with E-state index >= 15 is 0 Å². The third kappa shape index (κ3) is 4.47. The lowest BCUT2D eigenvalue weighted by molar-refractivity contribution is -0.129. The summed E-state index contributed by atoms with van der Waals surface area (Å²) >= 11 is 6.38. The number of carbonyl (C=O) groups is 3. The van der Waals surface area contributed by atoms with Gasteiger partial charge < -0.3 is 15.5 Å². The number of thioether (sulfide) groups is 1. The lowest BCUT2D eigenvalue weighted by Crippen LogP contribution is -2.44. The van der Waals surface area contributed by atoms with Crippen LogP contribution in [0.15, 0.2) is 53.4 Å². The second-order valence-corrected chi connectivity index (χ2v) is 7.84. The highest BCUT2D eigenvalue weighted by molar-refractivity contribution is 8.26. The highest BCUT2D eigenvalue weighted by atomic mass is 32.2. The van der Waals surface area contributed by atoms with Crippen LogP contribution < -0.4 is 5.32 Å². The second-order valence-electron chi connectivity index (χ2n) is 6.16. The zero-order valence-electron chi connectivity index (χ0n) is 15.2. The van der Waals surface area contributed by atoms with Gasteiger partial charge in [0, 0.05) is 0 Å². The van der Waals surface area contributed by atoms with Gasteiger partial charge in [0.1, 0.15) is 16.1 Å². The molecule has 0 saturated carbocycles. The summed E-state index contributed by atoms with van der Waals surface area (Å²) in [5.41, 5.74) is 0.581. The molecule has 2 amide bonds. The van der Waals surface area contributed by atoms with Crippen LogP contribution in [0.3, 0.4) is 0 Å². The van der Waals surface area contributed by atoms with Gasteiger partial charge in [0.05, 0.1) is 16.2 Å². The average molecular weight is 428 g/mol. The van der Waals surface area contributed by atoms with Gasteiger partial charge in [-0.25, -0.2) is 4.79 Å². The fraction of sp³-hybridized carbons (Fsp3) is 0.100. The van der Waals surface area contributed by atoms with Crippen LogP contribution in [0.4, 0.5) is 5.69 Å². The first-order chi connectivity index (χ1) is 13.8. The number of thiocarbonyl (C=S) groups is 1. The number of phenolic OH excluding ortho intramolecular Hbond substituents is 1. The van der Waals surface area contributed by atoms with Crippen LogP contribution in [0, 0.1) is 0 Å². The highest BCUT2D eigenvalue weighted by Gasteiger charge is 2.38. The van der Waals surface area contributed by atoms with Crippen molar-refractivity contribution in [1.82, 2.24) is 4.90 Å². The molecule has 1 fully saturated rings. The van der Waals surface area contributed by atoms with Crippen molar-refractivity contribution in [3.05, 3.63) is 64.6 Å². The van der Waals surface area contributed by atoms with E-state index in [9.17, 15) is 24.6 Å². The molecular formula is C20H16N2O5S2. The number of carboxylic acid groups (broad SMARTS) is 1. The molecule has 0 aliphatic carbocycles. The first kappa shape index (κ1) is 20.6. The molecule has 1 aliphatic heterocycles. The normalized spacial score (nSPS) is 16.2. The molecule has 29 heavy (non-hydrogen) atoms. The molecule has 3 N–H and O–H groups in total. The Hall–Kier alpha value is -3.17. The molecule has 0 aromatic heterocycles. The zero-order chi connectivity index (χ0) is 21.1. The molecule has 1 heterocycles. The van der Waals surface area contributed by atoms with E-state index in [1.807, 2.05) is 30.3 Å². The number of carboxylic acids is 1. The average Bonchev–Trinajstić information content (AvgIpc) is 2.96. The monoisotopic (exact) mass is 428 g/mol. The number of nitrogens with one attached hydrogen (secondary N) is 1. The molecule has 2 aromatic carbocycles. The second kappa shape index (κ2) is 8.46. The third-order valence-corrected chi connectivity index (χ3v) is 5.51. The van der Waals surface area contributed by atoms with Crippen molar-refractivity contribution in [3.8, 4) is 5.75 Å². The van der Waals surface area contributed by atoms with Gasteiger partial charge in [-0.1, -0.05) is 54.3 Å². The number of nitrogens with zero attached hydrogens (tertiary/aromatic N) is 1. The molecular weight excluding hydrogens is 412 g/mol. The summed E-state index contributed by atoms with van der Waals surface area (Å²) in [6.07, 6.45) is 1.70. The van der Waals surface area contributed by atoms with Crippen molar-refractivity contribution < 1.29 is 24.6 Å². The van der Waals surface area contributed by atoms with Crippen LogP contribution in [0.1, 0.15) is 22.8 Å². The molecule has 0 bridgehead atoms. The molecule has 1 aliphatic rings. The van der Waals surface area contributed by atoms with Crippen LogP contribution in [0.25, 0.3) is 6.08 Å². The lowest BCUT2D eigenvalue weighted by Gasteiger charge is -2.22. The highest BCUT2D eigenvalue weighted by Crippen LogP contribution is 2.34. The maximum atomic E-state index is 12.8. The van der Waals surface area contributed by atoms with Crippen molar-refractivity contribution in [2.45, 2.75) is 13.0 Å². The molecule has 1 atom stereocenters. The number of aromatic hydroxyl groups is 1. The summed E-state index contributed by atoms with van der Waals surface area (Å²) in [5, 5.41) is 21.2. The molecule has 1 saturated heterocycles. The predicted octanol–water partition coefficient (Wildman–Crippen LogP) is 3.32. The number of aromatic carboxylic acids is 1. The number of benzene rings is 2. The SMILES string of the molecule is C[C@H](C(=O)Nc1ccc(O)cc1C(=O)O)N1C(=O)/C(=C\c2ccccc2)SC1=S. The molecule has 3 rings (SSSR count). The van der Waals surface area contributed by atoms with E-state index in [0.717, 1.165) is 23.4 Å². The van der Waals surface area contributed by atoms with Crippen molar-refractivity contribution in [2.24, 2.45) is 0 Å². The standard InChI is InChI=1S/C20H16N2O5S2/c1-11(17(24)21-15-8-7-13(23)10-14(15)19(26)27)22-18(25)16(29-20(22)28)9-12-5-3-2-4-6-12/h2-11,23H,1H3,(H,21,24)(H,26,27)/b16-9+/t11-/m1/s1. The van der Waals surface area contributed by atoms with Crippen LogP contribution in [0.5, 0.6) is 5.75 Å². The maximum Gasteiger partial charge on any atom is 0.337 e. The maximum absolute atomic E-state index is 12.8. The van der Waals surface area contributed by atoms with Crippen LogP contribution >= 0.6 is 24.0 Å². The van der Waals surface area contributed by atoms with Gasteiger partial charge in [-0.2, -0.15) is 0 Å². The molecule has 0 unspecified atom stereocenters. The molecule has 7 nitrogen and oxygen atoms in total. The van der Waals surface area contributed by atoms with Gasteiger partial charge in [-0.3, -0.25) is 14.5 Å². The quantitative estimate of drug-likeness (QED) is 0.381. The first-order valence-electron chi connectivity index (χ1n) is 8.47. The first-order valence-corrected chi connectivity index (χ1v) is 9.69. The Labute approximate surface area is 176 Å². The summed E-state index contributed by atoms with van der Waals surface area (Å²) in [6.45, 7) is 1.51. The van der Waals surface area contributed by atoms with Crippen molar-refractivity contribution in [3.63, 3.8) is 0 Å². The Balaban J connectivity index is 1.80. The van der Waals surface area contributed by atoms with Crippen molar-refractivity contribution in [2.75, 3.05) is 5.32 Å². The zero-order valence-corrected chi connectivity index (χ0v) is 16.8. The van der Waals surface area contributed by atoms with Crippen LogP contribution in [-0.4, -0.2) is 43.3 Å². The van der Waals surface area contributed by atoms with E-state index in [1.54, 1.807) is 6.08 Å². The van der Waals surface area contributed by atoms with E-state index in [-0.39, 0.29) is 21.3 Å². The topological polar surface area (TPSA) is 107 Å². The summed E-state index contributed by atoms with van der Waals surface area (Å²) in [7, 11) is 0. The van der Waals surface area contributed by atoms with Crippen LogP contribution in [0.2, 0.25) is 0 Å². The van der Waals surface area contributed by atoms with Gasteiger partial charge >= 0.3 is 5.97 Å². The van der Waals surface area contributed by atoms with Crippen LogP contribution in [-0.2, 0) is 9.59 Å². The lowest BCUT2D eigenvalue weighted by atomic mass is 10.1. The number of anilines is 1. The number of phenols is 1. The minimum absolute atomic E-state index is 0.0115. The number of amides is 2. The molecule has 2 aromatic rings. The van der Waals surface area contributed by atoms with Gasteiger partial charge in [0.25, 0.3) is 5.91 Å². The molecule has 0 spiro atoms. The summed E-state index contributed by atoms with van der Waals surface area (Å²) in [5.74, 6) is -2.54. The number of hydrogen-bond donors (Lipinski definition) is 3. The van der Waals surface area contributed by atoms with E-state index in [1.165, 1.54) is 24.0 Å². The van der Waals surface area contributed by atoms with E-state index in [4.69, 9.17) is 12.2 Å². The minimum atomic E-state index is -1.31. The number of rotatable bonds is 5. The van der Waals surface area contributed by atoms with E-state index in [2.05, 4.69) is 5.32 Å². The van der Waals surface area contributed by atoms with Gasteiger partial charge in [-0.05, 0) is 36.8 Å². The largest absolute Gasteiger partial charge is 0.508 e. The van der Waals surface area contributed by atoms with E-state index < -0.39 is 23.8 Å². The molecule has 148 valence electrons. The molecule has 0 radical (unpaired) electrons. The smallest absolute Gasteiger partial charge is 0.337 e. The van der Waals surface area contributed by atoms with Crippen molar-refractivity contribution >= 4 is 57.8 Å². The fourth-order valence-corrected chi connectivity index (χ4v) is 4.11. The minimum Gasteiger partial charge on any atom is -0.508 e. The Morgan fingerprint density at radius 3 is 2.55 bits per heavy atom. The predicted molar refractivity (Wildman–Crippen MR) is 115 cm³/mol. The van der Waals surface area contributed by atoms with Gasteiger partial charge in [-0.15, -0.1) is 0 Å². The summed E-state index contributed by atoms with van der Waals surface area (Å²) in [6, 6.07) is 11.9. The fourth-order valence-electron chi connectivity index (χ4n) is 2.69. The molecule has 9 heteroatoms. The third-order valence-electron chi connectivity index (χ3n) is 4.18. The Kier molecular flexibility index (Phi) is 6.00. The van der Waals surface area contributed by atoms with Crippen molar-refractivity contribution in [1.29, 1.82) is 0 Å². The Morgan fingerprint density at radius 1 is 1.21 bits per heavy atom. The van der Waals surface area contributed by atoms with E-state index in [0.29, 0.717) is 4.91 Å². The Morgan fingerprint density at radius 2 is 1.90 bits per heavy atom. The number of carbonyl (C=O) groups excluding carboxylic acids is 2.